The normalized spacial score (nSPS) is 9.43. The summed E-state index contributed by atoms with van der Waals surface area (Å²) >= 11 is 0. The van der Waals surface area contributed by atoms with E-state index in [1.165, 1.54) is 0 Å². The van der Waals surface area contributed by atoms with Crippen LogP contribution in [0.2, 0.25) is 0 Å². The molecule has 0 aliphatic carbocycles. The molecule has 0 unspecified atom stereocenters. The zero-order chi connectivity index (χ0) is 5.54. The molecule has 0 rings (SSSR count). The Hall–Kier alpha value is -0.150. The third kappa shape index (κ3) is 5.85. The highest BCUT2D eigenvalue weighted by Gasteiger charge is 1.80. The first-order valence-electron chi connectivity index (χ1n) is 2.26. The van der Waals surface area contributed by atoms with Gasteiger partial charge in [-0.1, -0.05) is 0 Å². The van der Waals surface area contributed by atoms with Crippen molar-refractivity contribution in [3.8, 4) is 0 Å². The van der Waals surface area contributed by atoms with Gasteiger partial charge in [0.15, 0.2) is 0 Å². The van der Waals surface area contributed by atoms with Crippen molar-refractivity contribution >= 4 is 0 Å². The predicted octanol–water partition coefficient (Wildman–Crippen LogP) is 0.497. The minimum Gasteiger partial charge on any atom is -0.302 e. The first kappa shape index (κ1) is 6.85. The largest absolute Gasteiger partial charge is 0.302 e. The van der Waals surface area contributed by atoms with Gasteiger partial charge in [-0.25, -0.2) is 5.48 Å². The molecular formula is C4H10FNO. The zero-order valence-corrected chi connectivity index (χ0v) is 4.41. The molecule has 0 aromatic heterocycles. The van der Waals surface area contributed by atoms with Crippen molar-refractivity contribution in [1.29, 1.82) is 0 Å². The maximum Gasteiger partial charge on any atom is 0.0917 e. The van der Waals surface area contributed by atoms with Crippen molar-refractivity contribution in [1.82, 2.24) is 5.48 Å². The summed E-state index contributed by atoms with van der Waals surface area (Å²) < 4.78 is 11.2. The summed E-state index contributed by atoms with van der Waals surface area (Å²) in [5, 5.41) is 0. The van der Waals surface area contributed by atoms with Crippen LogP contribution in [0.15, 0.2) is 0 Å². The topological polar surface area (TPSA) is 21.3 Å². The minimum atomic E-state index is -0.304. The minimum absolute atomic E-state index is 0.304. The second-order valence-electron chi connectivity index (χ2n) is 1.10. The molecule has 0 aromatic rings. The number of halogens is 1. The molecule has 0 saturated heterocycles. The molecule has 0 saturated carbocycles. The molecule has 0 fully saturated rings. The molecule has 0 heterocycles. The van der Waals surface area contributed by atoms with E-state index in [4.69, 9.17) is 0 Å². The number of hydrogen-bond donors (Lipinski definition) is 1. The maximum absolute atomic E-state index is 11.2. The molecule has 0 aliphatic heterocycles. The summed E-state index contributed by atoms with van der Waals surface area (Å²) in [6.07, 6.45) is 0.473. The van der Waals surface area contributed by atoms with Gasteiger partial charge in [0.25, 0.3) is 0 Å². The van der Waals surface area contributed by atoms with Crippen LogP contribution in [0, 0.1) is 0 Å². The van der Waals surface area contributed by atoms with Crippen LogP contribution in [0.4, 0.5) is 4.39 Å². The van der Waals surface area contributed by atoms with Gasteiger partial charge in [0.2, 0.25) is 0 Å². The van der Waals surface area contributed by atoms with Gasteiger partial charge in [-0.2, -0.15) is 0 Å². The molecule has 0 radical (unpaired) electrons. The highest BCUT2D eigenvalue weighted by molar-refractivity contribution is 4.26. The molecule has 0 amide bonds. The lowest BCUT2D eigenvalue weighted by Gasteiger charge is -1.94. The second kappa shape index (κ2) is 5.85. The van der Waals surface area contributed by atoms with Crippen molar-refractivity contribution in [3.63, 3.8) is 0 Å². The summed E-state index contributed by atoms with van der Waals surface area (Å²) in [6, 6.07) is 0. The van der Waals surface area contributed by atoms with Crippen LogP contribution in [-0.2, 0) is 4.84 Å². The predicted molar refractivity (Wildman–Crippen MR) is 25.6 cm³/mol. The van der Waals surface area contributed by atoms with E-state index in [1.54, 1.807) is 7.05 Å². The quantitative estimate of drug-likeness (QED) is 0.416. The van der Waals surface area contributed by atoms with Crippen LogP contribution in [0.1, 0.15) is 6.42 Å². The molecule has 1 N–H and O–H groups in total. The Morgan fingerprint density at radius 1 is 1.71 bits per heavy atom. The SMILES string of the molecule is CNOCCC[18F]. The van der Waals surface area contributed by atoms with E-state index < -0.39 is 0 Å². The van der Waals surface area contributed by atoms with Crippen LogP contribution in [0.5, 0.6) is 0 Å². The van der Waals surface area contributed by atoms with E-state index in [0.717, 1.165) is 0 Å². The molecule has 0 bridgehead atoms. The van der Waals surface area contributed by atoms with E-state index in [9.17, 15) is 4.39 Å². The van der Waals surface area contributed by atoms with Crippen molar-refractivity contribution < 1.29 is 9.23 Å². The lowest BCUT2D eigenvalue weighted by Crippen LogP contribution is -2.08. The third-order valence-corrected chi connectivity index (χ3v) is 0.524. The first-order valence-corrected chi connectivity index (χ1v) is 2.26. The maximum atomic E-state index is 11.2. The molecule has 0 aromatic carbocycles. The number of nitrogens with one attached hydrogen (secondary N) is 1. The van der Waals surface area contributed by atoms with Gasteiger partial charge in [-0.15, -0.1) is 0 Å². The Balaban J connectivity index is 2.45. The standard InChI is InChI=1S/C4H10FNO/c1-6-7-4-2-3-5/h6H,2-4H2,1H3/i5-1. The van der Waals surface area contributed by atoms with E-state index in [0.29, 0.717) is 13.0 Å². The fourth-order valence-electron chi connectivity index (χ4n) is 0.229. The van der Waals surface area contributed by atoms with Crippen LogP contribution in [-0.4, -0.2) is 20.3 Å². The average molecular weight is 106 g/mol. The third-order valence-electron chi connectivity index (χ3n) is 0.524. The fourth-order valence-corrected chi connectivity index (χ4v) is 0.229. The number of alkyl halides is 1. The fraction of sp³-hybridized carbons (Fsp3) is 1.00. The Bertz CT molecular complexity index is 30.9. The van der Waals surface area contributed by atoms with Gasteiger partial charge in [0, 0.05) is 13.5 Å². The molecule has 3 heteroatoms. The van der Waals surface area contributed by atoms with Crippen LogP contribution < -0.4 is 5.48 Å². The first-order chi connectivity index (χ1) is 3.41. The summed E-state index contributed by atoms with van der Waals surface area (Å²) in [5.74, 6) is 0. The van der Waals surface area contributed by atoms with Gasteiger partial charge in [0.1, 0.15) is 0 Å². The zero-order valence-electron chi connectivity index (χ0n) is 4.41. The van der Waals surface area contributed by atoms with Gasteiger partial charge in [-0.05, 0) is 0 Å². The Morgan fingerprint density at radius 2 is 2.43 bits per heavy atom. The summed E-state index contributed by atoms with van der Waals surface area (Å²) in [6.45, 7) is 0.147. The number of rotatable bonds is 4. The van der Waals surface area contributed by atoms with E-state index in [2.05, 4.69) is 10.3 Å². The van der Waals surface area contributed by atoms with E-state index in [-0.39, 0.29) is 6.67 Å². The Labute approximate surface area is 42.6 Å². The smallest absolute Gasteiger partial charge is 0.0917 e. The molecule has 0 atom stereocenters. The molecule has 7 heavy (non-hydrogen) atoms. The molecule has 0 aliphatic rings. The second-order valence-corrected chi connectivity index (χ2v) is 1.10. The Kier molecular flexibility index (Phi) is 5.72. The molecule has 44 valence electrons. The summed E-state index contributed by atoms with van der Waals surface area (Å²) in [5.41, 5.74) is 2.44. The lowest BCUT2D eigenvalue weighted by molar-refractivity contribution is 0.0532. The summed E-state index contributed by atoms with van der Waals surface area (Å²) in [7, 11) is 1.65. The van der Waals surface area contributed by atoms with Crippen molar-refractivity contribution in [2.45, 2.75) is 6.42 Å². The highest BCUT2D eigenvalue weighted by atomic mass is 18.2. The van der Waals surface area contributed by atoms with Crippen molar-refractivity contribution in [2.75, 3.05) is 20.3 Å². The van der Waals surface area contributed by atoms with Crippen LogP contribution in [0.3, 0.4) is 0 Å². The lowest BCUT2D eigenvalue weighted by atomic mass is 10.5. The monoisotopic (exact) mass is 106 g/mol. The number of hydroxylamine groups is 1. The number of hydrogen-bond acceptors (Lipinski definition) is 2. The Morgan fingerprint density at radius 3 is 2.86 bits per heavy atom. The van der Waals surface area contributed by atoms with Gasteiger partial charge >= 0.3 is 0 Å². The summed E-state index contributed by atoms with van der Waals surface area (Å²) in [4.78, 5) is 4.58. The van der Waals surface area contributed by atoms with E-state index >= 15 is 0 Å². The highest BCUT2D eigenvalue weighted by Crippen LogP contribution is 1.77. The molecular weight excluding hydrogens is 96.1 g/mol. The van der Waals surface area contributed by atoms with Crippen molar-refractivity contribution in [3.05, 3.63) is 0 Å². The molecule has 0 spiro atoms. The average Bonchev–Trinajstić information content (AvgIpc) is 1.69. The van der Waals surface area contributed by atoms with Crippen LogP contribution in [0.25, 0.3) is 0 Å². The van der Waals surface area contributed by atoms with Gasteiger partial charge in [-0.3, -0.25) is 4.39 Å². The van der Waals surface area contributed by atoms with Gasteiger partial charge in [0.05, 0.1) is 13.3 Å². The van der Waals surface area contributed by atoms with Gasteiger partial charge < -0.3 is 4.84 Å². The molecule has 2 nitrogen and oxygen atoms in total. The van der Waals surface area contributed by atoms with Crippen LogP contribution >= 0.6 is 0 Å². The van der Waals surface area contributed by atoms with E-state index in [1.807, 2.05) is 0 Å². The van der Waals surface area contributed by atoms with Crippen molar-refractivity contribution in [2.24, 2.45) is 0 Å².